The van der Waals surface area contributed by atoms with Gasteiger partial charge in [0.15, 0.2) is 11.5 Å². The molecule has 2 aromatic rings. The first-order valence-electron chi connectivity index (χ1n) is 9.89. The number of nitrogens with one attached hydrogen (secondary N) is 1. The molecular weight excluding hydrogens is 428 g/mol. The Kier molecular flexibility index (Phi) is 6.17. The number of carbonyl (C=O) groups is 1. The summed E-state index contributed by atoms with van der Waals surface area (Å²) in [7, 11) is -3.94. The summed E-state index contributed by atoms with van der Waals surface area (Å²) in [4.78, 5) is 12.8. The minimum atomic E-state index is -3.94. The van der Waals surface area contributed by atoms with Gasteiger partial charge in [-0.1, -0.05) is 17.7 Å². The first kappa shape index (κ1) is 21.0. The number of nitrogens with zero attached hydrogens (tertiary/aromatic N) is 1. The van der Waals surface area contributed by atoms with E-state index in [-0.39, 0.29) is 17.3 Å². The fourth-order valence-electron chi connectivity index (χ4n) is 3.67. The van der Waals surface area contributed by atoms with Crippen LogP contribution in [0.1, 0.15) is 24.8 Å². The molecule has 9 heteroatoms. The molecule has 2 aliphatic rings. The van der Waals surface area contributed by atoms with Crippen molar-refractivity contribution < 1.29 is 22.7 Å². The van der Waals surface area contributed by atoms with Crippen molar-refractivity contribution in [3.63, 3.8) is 0 Å². The fraction of sp³-hybridized carbons (Fsp3) is 0.381. The Labute approximate surface area is 181 Å². The van der Waals surface area contributed by atoms with Gasteiger partial charge in [0.1, 0.15) is 19.3 Å². The second-order valence-corrected chi connectivity index (χ2v) is 9.61. The molecule has 0 aromatic heterocycles. The van der Waals surface area contributed by atoms with E-state index < -0.39 is 16.1 Å². The van der Waals surface area contributed by atoms with E-state index in [9.17, 15) is 13.2 Å². The summed E-state index contributed by atoms with van der Waals surface area (Å²) in [6, 6.07) is 10.5. The van der Waals surface area contributed by atoms with Crippen LogP contribution in [0.4, 0.5) is 0 Å². The summed E-state index contributed by atoms with van der Waals surface area (Å²) in [5.74, 6) is 0.930. The molecule has 1 N–H and O–H groups in total. The lowest BCUT2D eigenvalue weighted by Crippen LogP contribution is -2.48. The van der Waals surface area contributed by atoms with Crippen molar-refractivity contribution in [1.82, 2.24) is 9.62 Å². The van der Waals surface area contributed by atoms with Gasteiger partial charge in [-0.3, -0.25) is 4.79 Å². The normalized spacial score (nSPS) is 19.3. The quantitative estimate of drug-likeness (QED) is 0.757. The Morgan fingerprint density at radius 1 is 1.03 bits per heavy atom. The van der Waals surface area contributed by atoms with Crippen molar-refractivity contribution in [2.75, 3.05) is 19.8 Å². The first-order chi connectivity index (χ1) is 14.4. The summed E-state index contributed by atoms with van der Waals surface area (Å²) < 4.78 is 39.5. The van der Waals surface area contributed by atoms with E-state index in [1.54, 1.807) is 18.2 Å². The number of carbonyl (C=O) groups excluding carboxylic acids is 1. The van der Waals surface area contributed by atoms with Gasteiger partial charge in [0.25, 0.3) is 0 Å². The van der Waals surface area contributed by atoms with Crippen LogP contribution in [0.15, 0.2) is 47.4 Å². The molecule has 0 radical (unpaired) electrons. The minimum Gasteiger partial charge on any atom is -0.486 e. The summed E-state index contributed by atoms with van der Waals surface area (Å²) >= 11 is 5.93. The van der Waals surface area contributed by atoms with Crippen molar-refractivity contribution in [2.24, 2.45) is 0 Å². The molecule has 2 aliphatic heterocycles. The number of halogens is 1. The molecule has 1 fully saturated rings. The van der Waals surface area contributed by atoms with Crippen LogP contribution in [0.5, 0.6) is 11.5 Å². The van der Waals surface area contributed by atoms with Crippen LogP contribution in [0.2, 0.25) is 5.02 Å². The standard InChI is InChI=1S/C21H23ClN2O5S/c22-16-5-7-17(8-6-16)30(26,27)24(18-3-1-2-10-23-21(18)25)14-15-4-9-19-20(13-15)29-12-11-28-19/h4-9,13,18H,1-3,10-12,14H2,(H,23,25)/t18-/m1/s1. The summed E-state index contributed by atoms with van der Waals surface area (Å²) in [5.41, 5.74) is 0.717. The van der Waals surface area contributed by atoms with Crippen LogP contribution in [0.3, 0.4) is 0 Å². The van der Waals surface area contributed by atoms with Gasteiger partial charge < -0.3 is 14.8 Å². The zero-order valence-corrected chi connectivity index (χ0v) is 17.9. The molecule has 0 aliphatic carbocycles. The van der Waals surface area contributed by atoms with Gasteiger partial charge in [0, 0.05) is 18.1 Å². The van der Waals surface area contributed by atoms with E-state index in [1.807, 2.05) is 0 Å². The average molecular weight is 451 g/mol. The monoisotopic (exact) mass is 450 g/mol. The lowest BCUT2D eigenvalue weighted by atomic mass is 10.1. The highest BCUT2D eigenvalue weighted by molar-refractivity contribution is 7.89. The third kappa shape index (κ3) is 4.40. The van der Waals surface area contributed by atoms with Crippen molar-refractivity contribution >= 4 is 27.5 Å². The number of amides is 1. The highest BCUT2D eigenvalue weighted by Crippen LogP contribution is 2.33. The lowest BCUT2D eigenvalue weighted by molar-refractivity contribution is -0.124. The second-order valence-electron chi connectivity index (χ2n) is 7.28. The van der Waals surface area contributed by atoms with Crippen LogP contribution in [0, 0.1) is 0 Å². The molecule has 30 heavy (non-hydrogen) atoms. The molecule has 0 saturated carbocycles. The first-order valence-corrected chi connectivity index (χ1v) is 11.7. The second kappa shape index (κ2) is 8.83. The van der Waals surface area contributed by atoms with Gasteiger partial charge in [-0.15, -0.1) is 0 Å². The van der Waals surface area contributed by atoms with Crippen molar-refractivity contribution in [1.29, 1.82) is 0 Å². The van der Waals surface area contributed by atoms with Gasteiger partial charge in [-0.25, -0.2) is 8.42 Å². The van der Waals surface area contributed by atoms with Gasteiger partial charge in [-0.05, 0) is 61.2 Å². The molecule has 0 bridgehead atoms. The molecular formula is C21H23ClN2O5S. The predicted octanol–water partition coefficient (Wildman–Crippen LogP) is 2.97. The van der Waals surface area contributed by atoms with Crippen LogP contribution in [0.25, 0.3) is 0 Å². The molecule has 1 amide bonds. The predicted molar refractivity (Wildman–Crippen MR) is 112 cm³/mol. The fourth-order valence-corrected chi connectivity index (χ4v) is 5.40. The van der Waals surface area contributed by atoms with Crippen LogP contribution < -0.4 is 14.8 Å². The number of rotatable bonds is 5. The van der Waals surface area contributed by atoms with E-state index in [0.29, 0.717) is 48.3 Å². The number of ether oxygens (including phenoxy) is 2. The van der Waals surface area contributed by atoms with E-state index in [1.165, 1.54) is 28.6 Å². The van der Waals surface area contributed by atoms with E-state index >= 15 is 0 Å². The highest BCUT2D eigenvalue weighted by atomic mass is 35.5. The number of sulfonamides is 1. The van der Waals surface area contributed by atoms with E-state index in [2.05, 4.69) is 5.32 Å². The van der Waals surface area contributed by atoms with Crippen LogP contribution in [-0.2, 0) is 21.4 Å². The van der Waals surface area contributed by atoms with Crippen LogP contribution >= 0.6 is 11.6 Å². The molecule has 2 heterocycles. The maximum Gasteiger partial charge on any atom is 0.244 e. The summed E-state index contributed by atoms with van der Waals surface area (Å²) in [5, 5.41) is 3.28. The summed E-state index contributed by atoms with van der Waals surface area (Å²) in [6.45, 7) is 1.51. The zero-order chi connectivity index (χ0) is 21.1. The molecule has 160 valence electrons. The largest absolute Gasteiger partial charge is 0.486 e. The molecule has 7 nitrogen and oxygen atoms in total. The smallest absolute Gasteiger partial charge is 0.244 e. The van der Waals surface area contributed by atoms with E-state index in [0.717, 1.165) is 12.8 Å². The highest BCUT2D eigenvalue weighted by Gasteiger charge is 2.36. The molecule has 1 saturated heterocycles. The van der Waals surface area contributed by atoms with Crippen molar-refractivity contribution in [3.8, 4) is 11.5 Å². The minimum absolute atomic E-state index is 0.0414. The Morgan fingerprint density at radius 3 is 2.53 bits per heavy atom. The number of hydrogen-bond acceptors (Lipinski definition) is 5. The molecule has 0 spiro atoms. The van der Waals surface area contributed by atoms with Gasteiger partial charge in [0.05, 0.1) is 4.90 Å². The maximum atomic E-state index is 13.5. The molecule has 1 atom stereocenters. The Hall–Kier alpha value is -2.29. The van der Waals surface area contributed by atoms with E-state index in [4.69, 9.17) is 21.1 Å². The van der Waals surface area contributed by atoms with Crippen molar-refractivity contribution in [2.45, 2.75) is 36.7 Å². The van der Waals surface area contributed by atoms with Gasteiger partial charge in [0.2, 0.25) is 15.9 Å². The molecule has 4 rings (SSSR count). The lowest BCUT2D eigenvalue weighted by Gasteiger charge is -2.29. The van der Waals surface area contributed by atoms with Gasteiger partial charge >= 0.3 is 0 Å². The maximum absolute atomic E-state index is 13.5. The Balaban J connectivity index is 1.71. The molecule has 2 aromatic carbocycles. The molecule has 0 unspecified atom stereocenters. The topological polar surface area (TPSA) is 84.9 Å². The SMILES string of the molecule is O=C1NCCCC[C@H]1N(Cc1ccc2c(c1)OCCO2)S(=O)(=O)c1ccc(Cl)cc1. The Morgan fingerprint density at radius 2 is 1.77 bits per heavy atom. The third-order valence-corrected chi connectivity index (χ3v) is 7.34. The van der Waals surface area contributed by atoms with Crippen LogP contribution in [-0.4, -0.2) is 44.4 Å². The Bertz CT molecular complexity index is 1030. The third-order valence-electron chi connectivity index (χ3n) is 5.22. The van der Waals surface area contributed by atoms with Crippen molar-refractivity contribution in [3.05, 3.63) is 53.1 Å². The number of hydrogen-bond donors (Lipinski definition) is 1. The zero-order valence-electron chi connectivity index (χ0n) is 16.3. The summed E-state index contributed by atoms with van der Waals surface area (Å²) in [6.07, 6.45) is 2.04. The number of benzene rings is 2. The van der Waals surface area contributed by atoms with Gasteiger partial charge in [-0.2, -0.15) is 4.31 Å². The average Bonchev–Trinajstić information content (AvgIpc) is 2.96. The number of fused-ring (bicyclic) bond motifs is 1.